The van der Waals surface area contributed by atoms with Crippen LogP contribution in [0.3, 0.4) is 0 Å². The van der Waals surface area contributed by atoms with Crippen molar-refractivity contribution in [2.45, 2.75) is 51.5 Å². The molecule has 0 spiro atoms. The maximum atomic E-state index is 12.1. The molecule has 2 nitrogen and oxygen atoms in total. The van der Waals surface area contributed by atoms with Crippen LogP contribution in [0.4, 0.5) is 0 Å². The van der Waals surface area contributed by atoms with Gasteiger partial charge in [-0.15, -0.1) is 0 Å². The Kier molecular flexibility index (Phi) is 3.90. The highest BCUT2D eigenvalue weighted by molar-refractivity contribution is 5.97. The van der Waals surface area contributed by atoms with E-state index < -0.39 is 0 Å². The Morgan fingerprint density at radius 1 is 1.10 bits per heavy atom. The molecule has 106 valence electrons. The van der Waals surface area contributed by atoms with Crippen molar-refractivity contribution in [1.29, 1.82) is 0 Å². The van der Waals surface area contributed by atoms with Crippen LogP contribution in [0.5, 0.6) is 0 Å². The number of rotatable bonds is 3. The first-order chi connectivity index (χ1) is 9.75. The maximum absolute atomic E-state index is 12.1. The fourth-order valence-electron chi connectivity index (χ4n) is 3.57. The fourth-order valence-corrected chi connectivity index (χ4v) is 3.57. The third kappa shape index (κ3) is 2.65. The number of nitrogens with zero attached hydrogens (tertiary/aromatic N) is 1. The Hall–Kier alpha value is -1.57. The molecule has 0 saturated heterocycles. The summed E-state index contributed by atoms with van der Waals surface area (Å²) in [5, 5.41) is 0. The zero-order valence-corrected chi connectivity index (χ0v) is 12.3. The summed E-state index contributed by atoms with van der Waals surface area (Å²) in [4.78, 5) is 14.6. The first-order valence-electron chi connectivity index (χ1n) is 7.81. The van der Waals surface area contributed by atoms with Crippen LogP contribution in [0.25, 0.3) is 0 Å². The predicted octanol–water partition coefficient (Wildman–Crippen LogP) is 3.72. The van der Waals surface area contributed by atoms with Crippen LogP contribution in [-0.4, -0.2) is 23.3 Å². The van der Waals surface area contributed by atoms with Crippen molar-refractivity contribution < 1.29 is 4.79 Å². The summed E-state index contributed by atoms with van der Waals surface area (Å²) in [6.45, 7) is 3.20. The van der Waals surface area contributed by atoms with Crippen molar-refractivity contribution in [2.75, 3.05) is 6.54 Å². The second kappa shape index (κ2) is 5.82. The number of Topliss-reactive ketones (excluding diaryl/α,β-unsaturated/α-hetero) is 1. The van der Waals surface area contributed by atoms with Gasteiger partial charge in [0.25, 0.3) is 0 Å². The number of hydrogen-bond acceptors (Lipinski definition) is 2. The summed E-state index contributed by atoms with van der Waals surface area (Å²) in [6.07, 6.45) is 6.29. The van der Waals surface area contributed by atoms with Gasteiger partial charge in [0.1, 0.15) is 0 Å². The van der Waals surface area contributed by atoms with Gasteiger partial charge in [-0.3, -0.25) is 4.79 Å². The van der Waals surface area contributed by atoms with E-state index in [9.17, 15) is 4.79 Å². The molecule has 1 aromatic rings. The number of carbonyl (C=O) groups is 1. The number of hydrogen-bond donors (Lipinski definition) is 0. The lowest BCUT2D eigenvalue weighted by molar-refractivity contribution is -0.117. The average Bonchev–Trinajstić information content (AvgIpc) is 2.49. The van der Waals surface area contributed by atoms with Crippen LogP contribution in [-0.2, 0) is 11.2 Å². The molecule has 0 fully saturated rings. The van der Waals surface area contributed by atoms with Gasteiger partial charge in [-0.1, -0.05) is 30.3 Å². The van der Waals surface area contributed by atoms with Crippen LogP contribution in [0.1, 0.15) is 44.6 Å². The minimum Gasteiger partial charge on any atom is -0.371 e. The monoisotopic (exact) mass is 269 g/mol. The second-order valence-corrected chi connectivity index (χ2v) is 6.04. The Balaban J connectivity index is 1.79. The zero-order valence-electron chi connectivity index (χ0n) is 12.3. The number of allylic oxidation sites excluding steroid dienone is 2. The van der Waals surface area contributed by atoms with Crippen molar-refractivity contribution in [3.63, 3.8) is 0 Å². The third-order valence-electron chi connectivity index (χ3n) is 4.61. The number of carbonyl (C=O) groups excluding carboxylic acids is 1. The highest BCUT2D eigenvalue weighted by atomic mass is 16.1. The van der Waals surface area contributed by atoms with Crippen molar-refractivity contribution in [1.82, 2.24) is 4.90 Å². The summed E-state index contributed by atoms with van der Waals surface area (Å²) in [5.74, 6) is 0.405. The second-order valence-electron chi connectivity index (χ2n) is 6.04. The molecular formula is C18H23NO. The molecule has 0 unspecified atom stereocenters. The number of benzene rings is 1. The molecule has 0 radical (unpaired) electrons. The molecule has 1 atom stereocenters. The van der Waals surface area contributed by atoms with E-state index in [1.54, 1.807) is 0 Å². The van der Waals surface area contributed by atoms with Gasteiger partial charge in [-0.2, -0.15) is 0 Å². The summed E-state index contributed by atoms with van der Waals surface area (Å²) in [7, 11) is 0. The summed E-state index contributed by atoms with van der Waals surface area (Å²) >= 11 is 0. The van der Waals surface area contributed by atoms with Crippen molar-refractivity contribution in [3.8, 4) is 0 Å². The van der Waals surface area contributed by atoms with Crippen LogP contribution in [0.15, 0.2) is 41.6 Å². The first-order valence-corrected chi connectivity index (χ1v) is 7.81. The van der Waals surface area contributed by atoms with E-state index >= 15 is 0 Å². The largest absolute Gasteiger partial charge is 0.371 e. The maximum Gasteiger partial charge on any atom is 0.162 e. The lowest BCUT2D eigenvalue weighted by Gasteiger charge is -2.39. The number of ketones is 1. The van der Waals surface area contributed by atoms with Crippen molar-refractivity contribution in [2.24, 2.45) is 0 Å². The highest BCUT2D eigenvalue weighted by Crippen LogP contribution is 2.33. The molecule has 1 aliphatic carbocycles. The van der Waals surface area contributed by atoms with E-state index in [-0.39, 0.29) is 0 Å². The van der Waals surface area contributed by atoms with Crippen LogP contribution in [0, 0.1) is 0 Å². The molecule has 0 N–H and O–H groups in total. The van der Waals surface area contributed by atoms with Crippen molar-refractivity contribution >= 4 is 5.78 Å². The molecule has 2 heteroatoms. The Bertz CT molecular complexity index is 517. The molecule has 20 heavy (non-hydrogen) atoms. The fraction of sp³-hybridized carbons (Fsp3) is 0.500. The topological polar surface area (TPSA) is 20.3 Å². The van der Waals surface area contributed by atoms with Crippen LogP contribution in [0.2, 0.25) is 0 Å². The molecule has 0 aromatic heterocycles. The van der Waals surface area contributed by atoms with Gasteiger partial charge in [0.05, 0.1) is 0 Å². The molecule has 1 heterocycles. The molecule has 2 aliphatic rings. The third-order valence-corrected chi connectivity index (χ3v) is 4.61. The van der Waals surface area contributed by atoms with E-state index in [0.717, 1.165) is 31.4 Å². The van der Waals surface area contributed by atoms with Gasteiger partial charge in [-0.05, 0) is 44.6 Å². The zero-order chi connectivity index (χ0) is 13.9. The normalized spacial score (nSPS) is 20.9. The molecule has 0 amide bonds. The summed E-state index contributed by atoms with van der Waals surface area (Å²) in [5.41, 5.74) is 3.88. The molecular weight excluding hydrogens is 246 g/mol. The van der Waals surface area contributed by atoms with Crippen molar-refractivity contribution in [3.05, 3.63) is 47.2 Å². The van der Waals surface area contributed by atoms with Crippen LogP contribution < -0.4 is 0 Å². The van der Waals surface area contributed by atoms with Gasteiger partial charge in [0.2, 0.25) is 0 Å². The summed E-state index contributed by atoms with van der Waals surface area (Å²) < 4.78 is 0. The molecule has 0 saturated carbocycles. The Morgan fingerprint density at radius 2 is 1.85 bits per heavy atom. The van der Waals surface area contributed by atoms with Crippen LogP contribution >= 0.6 is 0 Å². The molecule has 3 rings (SSSR count). The molecule has 1 aromatic carbocycles. The Labute approximate surface area is 121 Å². The summed E-state index contributed by atoms with van der Waals surface area (Å²) in [6, 6.07) is 11.1. The minimum absolute atomic E-state index is 0.405. The highest BCUT2D eigenvalue weighted by Gasteiger charge is 2.30. The lowest BCUT2D eigenvalue weighted by atomic mass is 9.87. The van der Waals surface area contributed by atoms with Gasteiger partial charge < -0.3 is 4.90 Å². The van der Waals surface area contributed by atoms with E-state index in [2.05, 4.69) is 42.2 Å². The SMILES string of the molecule is C[C@@H](Cc1ccccc1)N1CCC(=O)C2=C1CCCC2. The van der Waals surface area contributed by atoms with E-state index in [4.69, 9.17) is 0 Å². The Morgan fingerprint density at radius 3 is 2.65 bits per heavy atom. The van der Waals surface area contributed by atoms with E-state index in [1.807, 2.05) is 0 Å². The van der Waals surface area contributed by atoms with Gasteiger partial charge in [0, 0.05) is 30.3 Å². The van der Waals surface area contributed by atoms with E-state index in [1.165, 1.54) is 24.1 Å². The van der Waals surface area contributed by atoms with E-state index in [0.29, 0.717) is 18.2 Å². The average molecular weight is 269 g/mol. The first kappa shape index (κ1) is 13.4. The van der Waals surface area contributed by atoms with Gasteiger partial charge in [-0.25, -0.2) is 0 Å². The predicted molar refractivity (Wildman–Crippen MR) is 81.4 cm³/mol. The molecule has 1 aliphatic heterocycles. The van der Waals surface area contributed by atoms with Gasteiger partial charge >= 0.3 is 0 Å². The lowest BCUT2D eigenvalue weighted by Crippen LogP contribution is -2.41. The minimum atomic E-state index is 0.405. The van der Waals surface area contributed by atoms with Gasteiger partial charge in [0.15, 0.2) is 5.78 Å². The standard InChI is InChI=1S/C18H23NO/c1-14(13-15-7-3-2-4-8-15)19-12-11-18(20)16-9-5-6-10-17(16)19/h2-4,7-8,14H,5-6,9-13H2,1H3/t14-/m0/s1. The molecule has 0 bridgehead atoms. The smallest absolute Gasteiger partial charge is 0.162 e. The quantitative estimate of drug-likeness (QED) is 0.833.